The molecule has 1 aromatic carbocycles. The minimum absolute atomic E-state index is 0.0220. The van der Waals surface area contributed by atoms with Crippen LogP contribution in [0.15, 0.2) is 29.6 Å². The Bertz CT molecular complexity index is 736. The topological polar surface area (TPSA) is 83.1 Å². The van der Waals surface area contributed by atoms with Crippen molar-refractivity contribution in [3.63, 3.8) is 0 Å². The highest BCUT2D eigenvalue weighted by atomic mass is 32.1. The van der Waals surface area contributed by atoms with Gasteiger partial charge in [-0.1, -0.05) is 12.1 Å². The third-order valence-electron chi connectivity index (χ3n) is 4.19. The highest BCUT2D eigenvalue weighted by Gasteiger charge is 2.16. The molecule has 0 aliphatic carbocycles. The molecule has 6 nitrogen and oxygen atoms in total. The first-order chi connectivity index (χ1) is 12.1. The van der Waals surface area contributed by atoms with E-state index in [2.05, 4.69) is 20.9 Å². The molecule has 0 spiro atoms. The van der Waals surface area contributed by atoms with Gasteiger partial charge in [-0.2, -0.15) is 0 Å². The van der Waals surface area contributed by atoms with Crippen LogP contribution in [0.5, 0.6) is 0 Å². The second-order valence-electron chi connectivity index (χ2n) is 6.24. The van der Waals surface area contributed by atoms with Gasteiger partial charge in [0.2, 0.25) is 11.8 Å². The van der Waals surface area contributed by atoms with E-state index in [0.29, 0.717) is 17.5 Å². The Balaban J connectivity index is 1.54. The highest BCUT2D eigenvalue weighted by Crippen LogP contribution is 2.26. The lowest BCUT2D eigenvalue weighted by atomic mass is 10.0. The number of anilines is 2. The summed E-state index contributed by atoms with van der Waals surface area (Å²) in [6, 6.07) is 7.48. The molecule has 25 heavy (non-hydrogen) atoms. The monoisotopic (exact) mass is 358 g/mol. The number of hydrogen-bond acceptors (Lipinski definition) is 5. The normalized spacial score (nSPS) is 16.6. The van der Waals surface area contributed by atoms with Crippen molar-refractivity contribution in [1.29, 1.82) is 0 Å². The molecule has 2 amide bonds. The molecule has 1 unspecified atom stereocenters. The van der Waals surface area contributed by atoms with Crippen LogP contribution in [0.4, 0.5) is 10.8 Å². The Kier molecular flexibility index (Phi) is 5.78. The fraction of sp³-hybridized carbons (Fsp3) is 0.389. The van der Waals surface area contributed by atoms with E-state index in [-0.39, 0.29) is 11.8 Å². The summed E-state index contributed by atoms with van der Waals surface area (Å²) in [5, 5.41) is 11.5. The first-order valence-corrected chi connectivity index (χ1v) is 9.32. The zero-order chi connectivity index (χ0) is 17.6. The van der Waals surface area contributed by atoms with Gasteiger partial charge in [-0.15, -0.1) is 11.3 Å². The van der Waals surface area contributed by atoms with Gasteiger partial charge in [0.1, 0.15) is 0 Å². The molecule has 1 atom stereocenters. The van der Waals surface area contributed by atoms with Gasteiger partial charge in [0.15, 0.2) is 5.13 Å². The van der Waals surface area contributed by atoms with Crippen LogP contribution in [0.3, 0.4) is 0 Å². The molecule has 1 aromatic heterocycles. The zero-order valence-corrected chi connectivity index (χ0v) is 15.0. The Labute approximate surface area is 151 Å². The largest absolute Gasteiger partial charge is 0.326 e. The number of nitrogens with one attached hydrogen (secondary N) is 3. The molecular weight excluding hydrogens is 336 g/mol. The molecule has 3 N–H and O–H groups in total. The molecule has 1 aliphatic heterocycles. The molecule has 2 aromatic rings. The number of amides is 2. The second kappa shape index (κ2) is 8.22. The molecule has 1 aliphatic rings. The van der Waals surface area contributed by atoms with Crippen molar-refractivity contribution in [3.05, 3.63) is 29.6 Å². The summed E-state index contributed by atoms with van der Waals surface area (Å²) in [7, 11) is 0. The number of hydrogen-bond donors (Lipinski definition) is 3. The van der Waals surface area contributed by atoms with Crippen LogP contribution in [-0.4, -0.2) is 29.9 Å². The highest BCUT2D eigenvalue weighted by molar-refractivity contribution is 7.14. The minimum atomic E-state index is -0.0974. The van der Waals surface area contributed by atoms with Crippen LogP contribution in [0.2, 0.25) is 0 Å². The van der Waals surface area contributed by atoms with Crippen molar-refractivity contribution in [1.82, 2.24) is 10.3 Å². The number of benzene rings is 1. The van der Waals surface area contributed by atoms with Crippen molar-refractivity contribution in [3.8, 4) is 11.3 Å². The van der Waals surface area contributed by atoms with E-state index >= 15 is 0 Å². The fourth-order valence-corrected chi connectivity index (χ4v) is 3.61. The quantitative estimate of drug-likeness (QED) is 0.741. The van der Waals surface area contributed by atoms with Gasteiger partial charge >= 0.3 is 0 Å². The standard InChI is InChI=1S/C18H22N4O2S/c1-12(23)20-15-5-3-14(4-6-15)16-11-25-18(21-16)22-17(24)7-2-13-8-9-19-10-13/h3-6,11,13,19H,2,7-10H2,1H3,(H,20,23)(H,21,22,24). The van der Waals surface area contributed by atoms with E-state index in [0.717, 1.165) is 42.9 Å². The lowest BCUT2D eigenvalue weighted by Gasteiger charge is -2.07. The first kappa shape index (κ1) is 17.6. The number of thiazole rings is 1. The average molecular weight is 358 g/mol. The maximum Gasteiger partial charge on any atom is 0.226 e. The number of carbonyl (C=O) groups excluding carboxylic acids is 2. The van der Waals surface area contributed by atoms with Crippen LogP contribution in [-0.2, 0) is 9.59 Å². The van der Waals surface area contributed by atoms with Gasteiger partial charge < -0.3 is 16.0 Å². The zero-order valence-electron chi connectivity index (χ0n) is 14.2. The second-order valence-corrected chi connectivity index (χ2v) is 7.10. The SMILES string of the molecule is CC(=O)Nc1ccc(-c2csc(NC(=O)CCC3CCNC3)n2)cc1. The minimum Gasteiger partial charge on any atom is -0.326 e. The van der Waals surface area contributed by atoms with Crippen molar-refractivity contribution in [2.75, 3.05) is 23.7 Å². The summed E-state index contributed by atoms with van der Waals surface area (Å²) in [6.07, 6.45) is 2.61. The number of rotatable bonds is 6. The van der Waals surface area contributed by atoms with Gasteiger partial charge in [-0.25, -0.2) is 4.98 Å². The van der Waals surface area contributed by atoms with Crippen molar-refractivity contribution >= 4 is 34.0 Å². The van der Waals surface area contributed by atoms with Crippen LogP contribution in [0, 0.1) is 5.92 Å². The Morgan fingerprint density at radius 1 is 1.28 bits per heavy atom. The summed E-state index contributed by atoms with van der Waals surface area (Å²) < 4.78 is 0. The molecule has 1 saturated heterocycles. The van der Waals surface area contributed by atoms with Gasteiger partial charge in [-0.05, 0) is 44.0 Å². The van der Waals surface area contributed by atoms with Crippen molar-refractivity contribution in [2.45, 2.75) is 26.2 Å². The third kappa shape index (κ3) is 5.11. The molecule has 3 rings (SSSR count). The number of aromatic nitrogens is 1. The van der Waals surface area contributed by atoms with Crippen LogP contribution < -0.4 is 16.0 Å². The predicted molar refractivity (Wildman–Crippen MR) is 101 cm³/mol. The van der Waals surface area contributed by atoms with Crippen molar-refractivity contribution in [2.24, 2.45) is 5.92 Å². The summed E-state index contributed by atoms with van der Waals surface area (Å²) in [5.41, 5.74) is 2.51. The molecule has 0 bridgehead atoms. The molecule has 0 radical (unpaired) electrons. The summed E-state index contributed by atoms with van der Waals surface area (Å²) in [6.45, 7) is 3.55. The predicted octanol–water partition coefficient (Wildman–Crippen LogP) is 3.10. The van der Waals surface area contributed by atoms with Crippen LogP contribution >= 0.6 is 11.3 Å². The Hall–Kier alpha value is -2.25. The van der Waals surface area contributed by atoms with Crippen LogP contribution in [0.25, 0.3) is 11.3 Å². The molecule has 132 valence electrons. The maximum absolute atomic E-state index is 12.1. The lowest BCUT2D eigenvalue weighted by molar-refractivity contribution is -0.116. The molecule has 1 fully saturated rings. The van der Waals surface area contributed by atoms with Gasteiger partial charge in [0.05, 0.1) is 5.69 Å². The van der Waals surface area contributed by atoms with E-state index in [1.54, 1.807) is 0 Å². The summed E-state index contributed by atoms with van der Waals surface area (Å²) in [5.74, 6) is 0.535. The fourth-order valence-electron chi connectivity index (χ4n) is 2.87. The van der Waals surface area contributed by atoms with Gasteiger partial charge in [0, 0.05) is 30.0 Å². The first-order valence-electron chi connectivity index (χ1n) is 8.44. The number of carbonyl (C=O) groups is 2. The molecule has 0 saturated carbocycles. The van der Waals surface area contributed by atoms with E-state index < -0.39 is 0 Å². The van der Waals surface area contributed by atoms with Crippen LogP contribution in [0.1, 0.15) is 26.2 Å². The van der Waals surface area contributed by atoms with E-state index in [9.17, 15) is 9.59 Å². The van der Waals surface area contributed by atoms with E-state index in [1.165, 1.54) is 18.3 Å². The van der Waals surface area contributed by atoms with E-state index in [1.807, 2.05) is 29.6 Å². The number of nitrogens with zero attached hydrogens (tertiary/aromatic N) is 1. The average Bonchev–Trinajstić information content (AvgIpc) is 3.25. The lowest BCUT2D eigenvalue weighted by Crippen LogP contribution is -2.14. The van der Waals surface area contributed by atoms with E-state index in [4.69, 9.17) is 0 Å². The smallest absolute Gasteiger partial charge is 0.226 e. The van der Waals surface area contributed by atoms with Gasteiger partial charge in [-0.3, -0.25) is 9.59 Å². The summed E-state index contributed by atoms with van der Waals surface area (Å²) >= 11 is 1.42. The summed E-state index contributed by atoms with van der Waals surface area (Å²) in [4.78, 5) is 27.6. The maximum atomic E-state index is 12.1. The Morgan fingerprint density at radius 3 is 2.76 bits per heavy atom. The molecule has 7 heteroatoms. The Morgan fingerprint density at radius 2 is 2.08 bits per heavy atom. The molecule has 2 heterocycles. The third-order valence-corrected chi connectivity index (χ3v) is 4.95. The van der Waals surface area contributed by atoms with Gasteiger partial charge in [0.25, 0.3) is 0 Å². The van der Waals surface area contributed by atoms with Crippen molar-refractivity contribution < 1.29 is 9.59 Å². The molecular formula is C18H22N4O2S.